The van der Waals surface area contributed by atoms with Crippen LogP contribution in [0, 0.1) is 0 Å². The maximum atomic E-state index is 5.83. The molecule has 1 N–H and O–H groups in total. The lowest BCUT2D eigenvalue weighted by molar-refractivity contribution is 0.131. The molecular formula is C15H24N2O. The van der Waals surface area contributed by atoms with E-state index in [-0.39, 0.29) is 5.60 Å². The van der Waals surface area contributed by atoms with Gasteiger partial charge in [-0.2, -0.15) is 0 Å². The quantitative estimate of drug-likeness (QED) is 0.871. The van der Waals surface area contributed by atoms with Gasteiger partial charge in [0.05, 0.1) is 0 Å². The van der Waals surface area contributed by atoms with Gasteiger partial charge in [0.2, 0.25) is 0 Å². The molecule has 100 valence electrons. The van der Waals surface area contributed by atoms with E-state index in [4.69, 9.17) is 4.74 Å². The fraction of sp³-hybridized carbons (Fsp3) is 0.600. The number of anilines is 1. The van der Waals surface area contributed by atoms with Crippen molar-refractivity contribution in [3.8, 4) is 5.75 Å². The highest BCUT2D eigenvalue weighted by Gasteiger charge is 2.16. The van der Waals surface area contributed by atoms with Gasteiger partial charge in [0.15, 0.2) is 0 Å². The fourth-order valence-electron chi connectivity index (χ4n) is 2.25. The Bertz CT molecular complexity index is 380. The normalized spacial score (nSPS) is 20.9. The zero-order valence-corrected chi connectivity index (χ0v) is 11.9. The van der Waals surface area contributed by atoms with Gasteiger partial charge in [-0.15, -0.1) is 0 Å². The lowest BCUT2D eigenvalue weighted by atomic mass is 10.1. The summed E-state index contributed by atoms with van der Waals surface area (Å²) in [5.41, 5.74) is 1.15. The largest absolute Gasteiger partial charge is 0.488 e. The second kappa shape index (κ2) is 5.19. The Labute approximate surface area is 110 Å². The van der Waals surface area contributed by atoms with Crippen molar-refractivity contribution in [2.45, 2.75) is 39.3 Å². The maximum absolute atomic E-state index is 5.83. The first-order valence-corrected chi connectivity index (χ1v) is 6.71. The van der Waals surface area contributed by atoms with Gasteiger partial charge in [0.25, 0.3) is 0 Å². The summed E-state index contributed by atoms with van der Waals surface area (Å²) in [6.07, 6.45) is 0. The van der Waals surface area contributed by atoms with Crippen LogP contribution in [-0.2, 0) is 0 Å². The lowest BCUT2D eigenvalue weighted by Crippen LogP contribution is -2.49. The molecule has 1 saturated heterocycles. The van der Waals surface area contributed by atoms with E-state index in [1.54, 1.807) is 0 Å². The van der Waals surface area contributed by atoms with Crippen LogP contribution >= 0.6 is 0 Å². The molecule has 1 fully saturated rings. The third-order valence-electron chi connectivity index (χ3n) is 2.99. The number of piperazine rings is 1. The van der Waals surface area contributed by atoms with E-state index >= 15 is 0 Å². The molecule has 2 rings (SSSR count). The maximum Gasteiger partial charge on any atom is 0.120 e. The fourth-order valence-corrected chi connectivity index (χ4v) is 2.25. The van der Waals surface area contributed by atoms with Gasteiger partial charge in [-0.1, -0.05) is 0 Å². The number of ether oxygens (including phenoxy) is 1. The first-order chi connectivity index (χ1) is 8.44. The van der Waals surface area contributed by atoms with Crippen LogP contribution in [0.4, 0.5) is 5.69 Å². The molecule has 3 heteroatoms. The summed E-state index contributed by atoms with van der Waals surface area (Å²) in [6.45, 7) is 11.6. The van der Waals surface area contributed by atoms with Crippen molar-refractivity contribution in [1.82, 2.24) is 5.32 Å². The first kappa shape index (κ1) is 13.2. The third kappa shape index (κ3) is 3.64. The van der Waals surface area contributed by atoms with Crippen molar-refractivity contribution in [3.63, 3.8) is 0 Å². The molecule has 0 aromatic heterocycles. The molecule has 1 aliphatic rings. The molecule has 18 heavy (non-hydrogen) atoms. The van der Waals surface area contributed by atoms with Crippen molar-refractivity contribution in [1.29, 1.82) is 0 Å². The highest BCUT2D eigenvalue weighted by atomic mass is 16.5. The van der Waals surface area contributed by atoms with Crippen LogP contribution in [0.5, 0.6) is 5.75 Å². The number of rotatable bonds is 2. The highest BCUT2D eigenvalue weighted by Crippen LogP contribution is 2.23. The van der Waals surface area contributed by atoms with Gasteiger partial charge in [-0.3, -0.25) is 0 Å². The predicted molar refractivity (Wildman–Crippen MR) is 76.5 cm³/mol. The molecule has 0 aliphatic carbocycles. The number of nitrogens with one attached hydrogen (secondary N) is 1. The van der Waals surface area contributed by atoms with E-state index < -0.39 is 0 Å². The molecule has 0 amide bonds. The molecular weight excluding hydrogens is 224 g/mol. The summed E-state index contributed by atoms with van der Waals surface area (Å²) in [5, 5.41) is 3.46. The standard InChI is InChI=1S/C15H24N2O/c1-12-11-17(10-9-16-12)13-5-7-14(8-6-13)18-15(2,3)4/h5-8,12,16H,9-11H2,1-4H3/t12-/m1/s1. The van der Waals surface area contributed by atoms with Crippen LogP contribution in [-0.4, -0.2) is 31.3 Å². The van der Waals surface area contributed by atoms with E-state index in [2.05, 4.69) is 62.2 Å². The Kier molecular flexibility index (Phi) is 3.81. The molecule has 0 radical (unpaired) electrons. The Hall–Kier alpha value is -1.22. The number of hydrogen-bond acceptors (Lipinski definition) is 3. The van der Waals surface area contributed by atoms with E-state index in [1.807, 2.05) is 0 Å². The summed E-state index contributed by atoms with van der Waals surface area (Å²) in [7, 11) is 0. The zero-order valence-electron chi connectivity index (χ0n) is 11.9. The van der Waals surface area contributed by atoms with Crippen molar-refractivity contribution < 1.29 is 4.74 Å². The summed E-state index contributed by atoms with van der Waals surface area (Å²) in [6, 6.07) is 8.99. The van der Waals surface area contributed by atoms with Gasteiger partial charge in [0, 0.05) is 31.4 Å². The number of nitrogens with zero attached hydrogens (tertiary/aromatic N) is 1. The molecule has 0 saturated carbocycles. The monoisotopic (exact) mass is 248 g/mol. The van der Waals surface area contributed by atoms with E-state index in [1.165, 1.54) is 5.69 Å². The lowest BCUT2D eigenvalue weighted by Gasteiger charge is -2.33. The minimum absolute atomic E-state index is 0.134. The molecule has 0 bridgehead atoms. The summed E-state index contributed by atoms with van der Waals surface area (Å²) in [5.74, 6) is 0.939. The minimum atomic E-state index is -0.134. The van der Waals surface area contributed by atoms with Crippen LogP contribution in [0.15, 0.2) is 24.3 Å². The second-order valence-electron chi connectivity index (χ2n) is 6.01. The Morgan fingerprint density at radius 3 is 2.44 bits per heavy atom. The molecule has 1 aromatic rings. The molecule has 1 aromatic carbocycles. The van der Waals surface area contributed by atoms with Gasteiger partial charge < -0.3 is 15.0 Å². The van der Waals surface area contributed by atoms with E-state index in [9.17, 15) is 0 Å². The number of benzene rings is 1. The minimum Gasteiger partial charge on any atom is -0.488 e. The molecule has 0 spiro atoms. The van der Waals surface area contributed by atoms with E-state index in [0.717, 1.165) is 25.4 Å². The Morgan fingerprint density at radius 2 is 1.89 bits per heavy atom. The second-order valence-corrected chi connectivity index (χ2v) is 6.01. The zero-order chi connectivity index (χ0) is 13.2. The molecule has 1 aliphatic heterocycles. The van der Waals surface area contributed by atoms with Crippen LogP contribution in [0.3, 0.4) is 0 Å². The van der Waals surface area contributed by atoms with Crippen molar-refractivity contribution >= 4 is 5.69 Å². The average molecular weight is 248 g/mol. The Morgan fingerprint density at radius 1 is 1.22 bits per heavy atom. The third-order valence-corrected chi connectivity index (χ3v) is 2.99. The highest BCUT2D eigenvalue weighted by molar-refractivity contribution is 5.49. The molecule has 1 atom stereocenters. The van der Waals surface area contributed by atoms with Crippen LogP contribution in [0.2, 0.25) is 0 Å². The number of hydrogen-bond donors (Lipinski definition) is 1. The molecule has 0 unspecified atom stereocenters. The van der Waals surface area contributed by atoms with Crippen LogP contribution in [0.25, 0.3) is 0 Å². The predicted octanol–water partition coefficient (Wildman–Crippen LogP) is 2.66. The van der Waals surface area contributed by atoms with Gasteiger partial charge in [-0.05, 0) is 52.0 Å². The van der Waals surface area contributed by atoms with Crippen molar-refractivity contribution in [2.75, 3.05) is 24.5 Å². The van der Waals surface area contributed by atoms with E-state index in [0.29, 0.717) is 6.04 Å². The van der Waals surface area contributed by atoms with Crippen molar-refractivity contribution in [3.05, 3.63) is 24.3 Å². The van der Waals surface area contributed by atoms with Crippen LogP contribution in [0.1, 0.15) is 27.7 Å². The topological polar surface area (TPSA) is 24.5 Å². The summed E-state index contributed by atoms with van der Waals surface area (Å²) in [4.78, 5) is 2.42. The van der Waals surface area contributed by atoms with Gasteiger partial charge >= 0.3 is 0 Å². The first-order valence-electron chi connectivity index (χ1n) is 6.71. The SMILES string of the molecule is C[C@@H]1CN(c2ccc(OC(C)(C)C)cc2)CCN1. The summed E-state index contributed by atoms with van der Waals surface area (Å²) < 4.78 is 5.83. The van der Waals surface area contributed by atoms with Gasteiger partial charge in [-0.25, -0.2) is 0 Å². The van der Waals surface area contributed by atoms with Gasteiger partial charge in [0.1, 0.15) is 11.4 Å². The Balaban J connectivity index is 2.03. The molecule has 3 nitrogen and oxygen atoms in total. The smallest absolute Gasteiger partial charge is 0.120 e. The summed E-state index contributed by atoms with van der Waals surface area (Å²) >= 11 is 0. The van der Waals surface area contributed by atoms with Crippen LogP contribution < -0.4 is 15.0 Å². The molecule has 1 heterocycles. The van der Waals surface area contributed by atoms with Crippen molar-refractivity contribution in [2.24, 2.45) is 0 Å². The average Bonchev–Trinajstić information content (AvgIpc) is 2.28.